The van der Waals surface area contributed by atoms with Crippen LogP contribution in [0.25, 0.3) is 0 Å². The molecule has 0 unspecified atom stereocenters. The fraction of sp³-hybridized carbons (Fsp3) is 0.500. The van der Waals surface area contributed by atoms with Gasteiger partial charge in [-0.05, 0) is 43.9 Å². The first-order valence-electron chi connectivity index (χ1n) is 6.33. The molecular formula is C14H23N3O. The number of nitrogens with one attached hydrogen (secondary N) is 1. The Morgan fingerprint density at radius 2 is 2.06 bits per heavy atom. The Morgan fingerprint density at radius 3 is 2.67 bits per heavy atom. The highest BCUT2D eigenvalue weighted by Crippen LogP contribution is 2.21. The van der Waals surface area contributed by atoms with Gasteiger partial charge in [0.2, 0.25) is 0 Å². The Bertz CT molecular complexity index is 404. The molecule has 0 bridgehead atoms. The van der Waals surface area contributed by atoms with Gasteiger partial charge in [-0.1, -0.05) is 6.07 Å². The summed E-state index contributed by atoms with van der Waals surface area (Å²) in [7, 11) is 2.01. The molecule has 0 atom stereocenters. The van der Waals surface area contributed by atoms with Crippen molar-refractivity contribution in [2.75, 3.05) is 25.1 Å². The summed E-state index contributed by atoms with van der Waals surface area (Å²) in [6, 6.07) is 5.93. The molecule has 0 radical (unpaired) electrons. The van der Waals surface area contributed by atoms with Crippen molar-refractivity contribution in [1.29, 1.82) is 5.41 Å². The summed E-state index contributed by atoms with van der Waals surface area (Å²) in [5.74, 6) is 0.104. The predicted octanol–water partition coefficient (Wildman–Crippen LogP) is 1.88. The molecule has 4 heteroatoms. The normalized spacial score (nSPS) is 10.4. The number of aliphatic hydroxyl groups is 1. The van der Waals surface area contributed by atoms with Gasteiger partial charge in [-0.15, -0.1) is 0 Å². The average molecular weight is 249 g/mol. The van der Waals surface area contributed by atoms with E-state index in [1.807, 2.05) is 26.1 Å². The highest BCUT2D eigenvalue weighted by molar-refractivity contribution is 6.00. The second-order valence-electron chi connectivity index (χ2n) is 4.64. The van der Waals surface area contributed by atoms with Gasteiger partial charge in [-0.3, -0.25) is 5.41 Å². The van der Waals surface area contributed by atoms with Gasteiger partial charge in [-0.2, -0.15) is 0 Å². The maximum absolute atomic E-state index is 8.74. The lowest BCUT2D eigenvalue weighted by molar-refractivity contribution is 0.283. The Kier molecular flexibility index (Phi) is 5.65. The molecule has 1 aromatic carbocycles. The van der Waals surface area contributed by atoms with Gasteiger partial charge in [0.05, 0.1) is 0 Å². The molecule has 0 heterocycles. The molecule has 0 aliphatic rings. The fourth-order valence-electron chi connectivity index (χ4n) is 1.94. The van der Waals surface area contributed by atoms with Crippen molar-refractivity contribution in [2.24, 2.45) is 5.73 Å². The maximum atomic E-state index is 8.74. The van der Waals surface area contributed by atoms with Crippen LogP contribution in [0, 0.1) is 12.3 Å². The third-order valence-electron chi connectivity index (χ3n) is 3.01. The Morgan fingerprint density at radius 1 is 1.33 bits per heavy atom. The minimum Gasteiger partial charge on any atom is -0.396 e. The molecule has 4 N–H and O–H groups in total. The Labute approximate surface area is 109 Å². The molecule has 0 saturated heterocycles. The van der Waals surface area contributed by atoms with E-state index in [9.17, 15) is 0 Å². The van der Waals surface area contributed by atoms with E-state index in [4.69, 9.17) is 16.2 Å². The smallest absolute Gasteiger partial charge is 0.124 e. The van der Waals surface area contributed by atoms with Gasteiger partial charge in [0, 0.05) is 31.5 Å². The number of aryl methyl sites for hydroxylation is 1. The zero-order chi connectivity index (χ0) is 13.5. The number of aliphatic hydroxyl groups excluding tert-OH is 1. The SMILES string of the molecule is Cc1ccc(C(=N)N)c(N(C)CCCCCO)c1. The van der Waals surface area contributed by atoms with Gasteiger partial charge < -0.3 is 15.7 Å². The van der Waals surface area contributed by atoms with Crippen LogP contribution in [0.1, 0.15) is 30.4 Å². The monoisotopic (exact) mass is 249 g/mol. The van der Waals surface area contributed by atoms with Crippen molar-refractivity contribution in [3.05, 3.63) is 29.3 Å². The molecule has 1 aromatic rings. The van der Waals surface area contributed by atoms with Crippen LogP contribution in [0.3, 0.4) is 0 Å². The number of hydrogen-bond donors (Lipinski definition) is 3. The number of nitrogen functional groups attached to an aromatic ring is 1. The van der Waals surface area contributed by atoms with E-state index in [0.717, 1.165) is 42.6 Å². The van der Waals surface area contributed by atoms with Gasteiger partial charge >= 0.3 is 0 Å². The van der Waals surface area contributed by atoms with Gasteiger partial charge in [0.15, 0.2) is 0 Å². The zero-order valence-corrected chi connectivity index (χ0v) is 11.2. The van der Waals surface area contributed by atoms with E-state index >= 15 is 0 Å². The van der Waals surface area contributed by atoms with Crippen molar-refractivity contribution < 1.29 is 5.11 Å². The lowest BCUT2D eigenvalue weighted by atomic mass is 10.1. The van der Waals surface area contributed by atoms with Crippen LogP contribution >= 0.6 is 0 Å². The second kappa shape index (κ2) is 7.01. The van der Waals surface area contributed by atoms with Crippen LogP contribution in [0.2, 0.25) is 0 Å². The van der Waals surface area contributed by atoms with E-state index in [0.29, 0.717) is 0 Å². The van der Waals surface area contributed by atoms with E-state index in [1.54, 1.807) is 0 Å². The number of nitrogens with two attached hydrogens (primary N) is 1. The number of rotatable bonds is 7. The topological polar surface area (TPSA) is 73.3 Å². The molecule has 0 spiro atoms. The molecular weight excluding hydrogens is 226 g/mol. The summed E-state index contributed by atoms with van der Waals surface area (Å²) in [6.07, 6.45) is 2.89. The van der Waals surface area contributed by atoms with Crippen LogP contribution in [-0.2, 0) is 0 Å². The number of nitrogens with zero attached hydrogens (tertiary/aromatic N) is 1. The van der Waals surface area contributed by atoms with Crippen molar-refractivity contribution >= 4 is 11.5 Å². The van der Waals surface area contributed by atoms with Crippen molar-refractivity contribution in [1.82, 2.24) is 0 Å². The largest absolute Gasteiger partial charge is 0.396 e. The minimum absolute atomic E-state index is 0.104. The van der Waals surface area contributed by atoms with Crippen LogP contribution in [0.5, 0.6) is 0 Å². The van der Waals surface area contributed by atoms with E-state index < -0.39 is 0 Å². The van der Waals surface area contributed by atoms with Crippen molar-refractivity contribution in [3.63, 3.8) is 0 Å². The van der Waals surface area contributed by atoms with E-state index in [-0.39, 0.29) is 12.4 Å². The van der Waals surface area contributed by atoms with Crippen molar-refractivity contribution in [3.8, 4) is 0 Å². The highest BCUT2D eigenvalue weighted by atomic mass is 16.2. The number of unbranched alkanes of at least 4 members (excludes halogenated alkanes) is 2. The first kappa shape index (κ1) is 14.5. The molecule has 0 aliphatic heterocycles. The van der Waals surface area contributed by atoms with Crippen LogP contribution in [-0.4, -0.2) is 31.1 Å². The average Bonchev–Trinajstić information content (AvgIpc) is 2.34. The molecule has 1 rings (SSSR count). The Balaban J connectivity index is 2.74. The van der Waals surface area contributed by atoms with Gasteiger partial charge in [-0.25, -0.2) is 0 Å². The summed E-state index contributed by atoms with van der Waals surface area (Å²) in [4.78, 5) is 2.13. The number of anilines is 1. The number of hydrogen-bond acceptors (Lipinski definition) is 3. The molecule has 18 heavy (non-hydrogen) atoms. The number of benzene rings is 1. The molecule has 0 aromatic heterocycles. The molecule has 0 amide bonds. The standard InChI is InChI=1S/C14H23N3O/c1-11-6-7-12(14(15)16)13(10-11)17(2)8-4-3-5-9-18/h6-7,10,18H,3-5,8-9H2,1-2H3,(H3,15,16). The third-order valence-corrected chi connectivity index (χ3v) is 3.01. The van der Waals surface area contributed by atoms with Crippen LogP contribution < -0.4 is 10.6 Å². The fourth-order valence-corrected chi connectivity index (χ4v) is 1.94. The zero-order valence-electron chi connectivity index (χ0n) is 11.2. The van der Waals surface area contributed by atoms with Crippen LogP contribution in [0.15, 0.2) is 18.2 Å². The maximum Gasteiger partial charge on any atom is 0.124 e. The van der Waals surface area contributed by atoms with E-state index in [1.165, 1.54) is 0 Å². The summed E-state index contributed by atoms with van der Waals surface area (Å²) >= 11 is 0. The Hall–Kier alpha value is -1.55. The predicted molar refractivity (Wildman–Crippen MR) is 76.4 cm³/mol. The number of amidine groups is 1. The second-order valence-corrected chi connectivity index (χ2v) is 4.64. The first-order valence-corrected chi connectivity index (χ1v) is 6.33. The minimum atomic E-state index is 0.104. The van der Waals surface area contributed by atoms with Crippen molar-refractivity contribution in [2.45, 2.75) is 26.2 Å². The quantitative estimate of drug-likeness (QED) is 0.392. The first-order chi connectivity index (χ1) is 8.56. The summed E-state index contributed by atoms with van der Waals surface area (Å²) < 4.78 is 0. The summed E-state index contributed by atoms with van der Waals surface area (Å²) in [5.41, 5.74) is 8.56. The van der Waals surface area contributed by atoms with Crippen LogP contribution in [0.4, 0.5) is 5.69 Å². The third kappa shape index (κ3) is 4.04. The lowest BCUT2D eigenvalue weighted by Crippen LogP contribution is -2.23. The van der Waals surface area contributed by atoms with E-state index in [2.05, 4.69) is 11.0 Å². The molecule has 0 fully saturated rings. The summed E-state index contributed by atoms with van der Waals surface area (Å²) in [6.45, 7) is 3.20. The highest BCUT2D eigenvalue weighted by Gasteiger charge is 2.09. The summed E-state index contributed by atoms with van der Waals surface area (Å²) in [5, 5.41) is 16.3. The molecule has 100 valence electrons. The van der Waals surface area contributed by atoms with Gasteiger partial charge in [0.25, 0.3) is 0 Å². The molecule has 0 aliphatic carbocycles. The van der Waals surface area contributed by atoms with Gasteiger partial charge in [0.1, 0.15) is 5.84 Å². The molecule has 0 saturated carbocycles. The lowest BCUT2D eigenvalue weighted by Gasteiger charge is -2.22. The molecule has 4 nitrogen and oxygen atoms in total.